The Bertz CT molecular complexity index is 169. The molecule has 4 heteroatoms. The molecule has 0 aromatic carbocycles. The van der Waals surface area contributed by atoms with Gasteiger partial charge >= 0.3 is 8.25 Å². The van der Waals surface area contributed by atoms with Crippen LogP contribution < -0.4 is 0 Å². The Morgan fingerprint density at radius 3 is 1.00 bits per heavy atom. The largest absolute Gasteiger partial charge is 0.696 e. The first-order valence-corrected chi connectivity index (χ1v) is 9.37. The van der Waals surface area contributed by atoms with E-state index in [2.05, 4.69) is 22.9 Å². The molecule has 0 atom stereocenters. The van der Waals surface area contributed by atoms with E-state index in [1.165, 1.54) is 91.3 Å². The van der Waals surface area contributed by atoms with Crippen molar-refractivity contribution in [2.45, 2.75) is 90.9 Å². The molecule has 122 valence electrons. The Balaban J connectivity index is 0. The molecule has 0 aliphatic rings. The van der Waals surface area contributed by atoms with E-state index in [9.17, 15) is 4.57 Å². The van der Waals surface area contributed by atoms with Crippen molar-refractivity contribution in [3.63, 3.8) is 0 Å². The molecule has 20 heavy (non-hydrogen) atoms. The number of unbranched alkanes of at least 4 members (excludes halogenated alkanes) is 11. The Hall–Kier alpha value is 0.0200. The normalized spacial score (nSPS) is 10.0. The smallest absolute Gasteiger partial charge is 0.122 e. The Morgan fingerprint density at radius 2 is 0.850 bits per heavy atom. The van der Waals surface area contributed by atoms with Gasteiger partial charge in [-0.3, -0.25) is 0 Å². The van der Waals surface area contributed by atoms with Crippen LogP contribution in [-0.4, -0.2) is 14.2 Å². The minimum absolute atomic E-state index is 1.32. The molecule has 0 rings (SSSR count). The summed E-state index contributed by atoms with van der Waals surface area (Å²) in [6.07, 6.45) is 17.4. The zero-order valence-electron chi connectivity index (χ0n) is 14.2. The van der Waals surface area contributed by atoms with Crippen LogP contribution in [0.3, 0.4) is 0 Å². The molecule has 3 nitrogen and oxygen atoms in total. The molecular formula is C16H36O3P+. The highest BCUT2D eigenvalue weighted by Gasteiger charge is 2.10. The molecule has 0 saturated carbocycles. The second-order valence-corrected chi connectivity index (χ2v) is 6.30. The summed E-state index contributed by atoms with van der Waals surface area (Å²) in [7, 11) is 0.817. The third kappa shape index (κ3) is 23.1. The molecule has 0 amide bonds. The van der Waals surface area contributed by atoms with E-state index in [-0.39, 0.29) is 0 Å². The van der Waals surface area contributed by atoms with Gasteiger partial charge in [-0.1, -0.05) is 90.9 Å². The maximum absolute atomic E-state index is 9.88. The maximum Gasteiger partial charge on any atom is 0.696 e. The van der Waals surface area contributed by atoms with Gasteiger partial charge in [-0.05, 0) is 0 Å². The zero-order chi connectivity index (χ0) is 15.5. The van der Waals surface area contributed by atoms with Gasteiger partial charge in [0.2, 0.25) is 0 Å². The number of rotatable bonds is 13. The zero-order valence-corrected chi connectivity index (χ0v) is 15.1. The van der Waals surface area contributed by atoms with E-state index in [0.29, 0.717) is 0 Å². The first-order valence-electron chi connectivity index (χ1n) is 8.28. The highest BCUT2D eigenvalue weighted by molar-refractivity contribution is 7.33. The van der Waals surface area contributed by atoms with Crippen LogP contribution in [0.2, 0.25) is 0 Å². The maximum atomic E-state index is 9.88. The quantitative estimate of drug-likeness (QED) is 0.282. The van der Waals surface area contributed by atoms with E-state index in [1.807, 2.05) is 0 Å². The molecule has 0 spiro atoms. The SMILES string of the molecule is CCCCCCCCCCCCCC.CO[P+](=O)OC. The molecule has 0 aromatic rings. The van der Waals surface area contributed by atoms with Crippen molar-refractivity contribution < 1.29 is 13.6 Å². The van der Waals surface area contributed by atoms with Gasteiger partial charge in [0.1, 0.15) is 0 Å². The summed E-state index contributed by atoms with van der Waals surface area (Å²) in [5.41, 5.74) is 0. The van der Waals surface area contributed by atoms with Gasteiger partial charge in [0, 0.05) is 4.57 Å². The lowest BCUT2D eigenvalue weighted by atomic mass is 10.1. The molecule has 0 aliphatic carbocycles. The fraction of sp³-hybridized carbons (Fsp3) is 1.00. The lowest BCUT2D eigenvalue weighted by Gasteiger charge is -2.01. The molecule has 0 radical (unpaired) electrons. The van der Waals surface area contributed by atoms with Crippen LogP contribution in [0, 0.1) is 0 Å². The van der Waals surface area contributed by atoms with Crippen molar-refractivity contribution in [1.82, 2.24) is 0 Å². The van der Waals surface area contributed by atoms with Crippen LogP contribution >= 0.6 is 8.25 Å². The molecule has 0 heterocycles. The van der Waals surface area contributed by atoms with Crippen LogP contribution in [0.1, 0.15) is 90.9 Å². The van der Waals surface area contributed by atoms with Crippen molar-refractivity contribution in [1.29, 1.82) is 0 Å². The second kappa shape index (κ2) is 21.3. The molecule has 0 saturated heterocycles. The van der Waals surface area contributed by atoms with Crippen LogP contribution in [0.25, 0.3) is 0 Å². The van der Waals surface area contributed by atoms with E-state index in [0.717, 1.165) is 0 Å². The number of hydrogen-bond donors (Lipinski definition) is 0. The molecule has 0 fully saturated rings. The molecule has 0 bridgehead atoms. The van der Waals surface area contributed by atoms with Gasteiger partial charge in [0.25, 0.3) is 0 Å². The molecule has 0 aliphatic heterocycles. The van der Waals surface area contributed by atoms with Crippen molar-refractivity contribution >= 4 is 8.25 Å². The fourth-order valence-electron chi connectivity index (χ4n) is 1.99. The lowest BCUT2D eigenvalue weighted by molar-refractivity contribution is 0.302. The van der Waals surface area contributed by atoms with Crippen LogP contribution in [-0.2, 0) is 13.6 Å². The van der Waals surface area contributed by atoms with Crippen molar-refractivity contribution in [2.24, 2.45) is 0 Å². The third-order valence-corrected chi connectivity index (χ3v) is 3.85. The van der Waals surface area contributed by atoms with Gasteiger partial charge in [0.15, 0.2) is 0 Å². The van der Waals surface area contributed by atoms with Gasteiger partial charge in [0.05, 0.1) is 14.2 Å². The standard InChI is InChI=1S/C14H30.C2H6O3P/c1-3-5-7-9-11-13-14-12-10-8-6-4-2;1-4-6(3)5-2/h3-14H2,1-2H3;1-2H3/q;+1. The second-order valence-electron chi connectivity index (χ2n) is 5.12. The van der Waals surface area contributed by atoms with Crippen molar-refractivity contribution in [3.05, 3.63) is 0 Å². The van der Waals surface area contributed by atoms with Crippen LogP contribution in [0.5, 0.6) is 0 Å². The Morgan fingerprint density at radius 1 is 0.600 bits per heavy atom. The summed E-state index contributed by atoms with van der Waals surface area (Å²) in [4.78, 5) is 0. The van der Waals surface area contributed by atoms with Gasteiger partial charge < -0.3 is 0 Å². The average molecular weight is 307 g/mol. The predicted octanol–water partition coefficient (Wildman–Crippen LogP) is 6.64. The highest BCUT2D eigenvalue weighted by Crippen LogP contribution is 2.18. The first kappa shape index (κ1) is 22.3. The first-order chi connectivity index (χ1) is 9.72. The highest BCUT2D eigenvalue weighted by atomic mass is 31.1. The Labute approximate surface area is 127 Å². The number of hydrogen-bond acceptors (Lipinski definition) is 3. The minimum atomic E-state index is -1.83. The molecule has 0 aromatic heterocycles. The molecule has 0 unspecified atom stereocenters. The fourth-order valence-corrected chi connectivity index (χ4v) is 2.14. The lowest BCUT2D eigenvalue weighted by Crippen LogP contribution is -1.81. The van der Waals surface area contributed by atoms with Gasteiger partial charge in [-0.15, -0.1) is 9.05 Å². The van der Waals surface area contributed by atoms with Crippen molar-refractivity contribution in [2.75, 3.05) is 14.2 Å². The summed E-state index contributed by atoms with van der Waals surface area (Å²) in [5.74, 6) is 0. The van der Waals surface area contributed by atoms with E-state index >= 15 is 0 Å². The van der Waals surface area contributed by atoms with E-state index in [1.54, 1.807) is 0 Å². The summed E-state index contributed by atoms with van der Waals surface area (Å²) in [6, 6.07) is 0. The summed E-state index contributed by atoms with van der Waals surface area (Å²) in [5, 5.41) is 0. The van der Waals surface area contributed by atoms with Crippen LogP contribution in [0.15, 0.2) is 0 Å². The van der Waals surface area contributed by atoms with Crippen LogP contribution in [0.4, 0.5) is 0 Å². The Kier molecular flexibility index (Phi) is 23.8. The van der Waals surface area contributed by atoms with Gasteiger partial charge in [-0.2, -0.15) is 0 Å². The molecular weight excluding hydrogens is 271 g/mol. The summed E-state index contributed by atoms with van der Waals surface area (Å²) < 4.78 is 18.3. The predicted molar refractivity (Wildman–Crippen MR) is 88.4 cm³/mol. The third-order valence-electron chi connectivity index (χ3n) is 3.26. The molecule has 0 N–H and O–H groups in total. The van der Waals surface area contributed by atoms with E-state index in [4.69, 9.17) is 0 Å². The monoisotopic (exact) mass is 307 g/mol. The topological polar surface area (TPSA) is 35.5 Å². The minimum Gasteiger partial charge on any atom is -0.122 e. The van der Waals surface area contributed by atoms with Gasteiger partial charge in [-0.25, -0.2) is 0 Å². The summed E-state index contributed by atoms with van der Waals surface area (Å²) >= 11 is 0. The summed E-state index contributed by atoms with van der Waals surface area (Å²) in [6.45, 7) is 4.57. The average Bonchev–Trinajstić information content (AvgIpc) is 2.49. The van der Waals surface area contributed by atoms with E-state index < -0.39 is 8.25 Å². The van der Waals surface area contributed by atoms with Crippen molar-refractivity contribution in [3.8, 4) is 0 Å².